The maximum Gasteiger partial charge on any atom is 0.536 e. The second-order valence-electron chi connectivity index (χ2n) is 41.4. The fourth-order valence-corrected chi connectivity index (χ4v) is 110. The molecule has 149 heavy (non-hydrogen) atoms. The highest BCUT2D eigenvalue weighted by atomic mass is 28.6. The summed E-state index contributed by atoms with van der Waals surface area (Å²) in [6.45, 7) is 50.4. The van der Waals surface area contributed by atoms with Gasteiger partial charge in [-0.15, -0.1) is 0 Å². The second kappa shape index (κ2) is 49.3. The molecule has 25 nitrogen and oxygen atoms in total. The van der Waals surface area contributed by atoms with Crippen LogP contribution < -0.4 is 57.1 Å². The van der Waals surface area contributed by atoms with Crippen molar-refractivity contribution < 1.29 is 106 Å². The molecule has 12 aromatic carbocycles. The van der Waals surface area contributed by atoms with Crippen molar-refractivity contribution in [3.05, 3.63) is 334 Å². The minimum atomic E-state index is -3.00. The highest BCUT2D eigenvalue weighted by Crippen LogP contribution is 2.39. The van der Waals surface area contributed by atoms with Gasteiger partial charge in [0, 0.05) is 79.5 Å². The smallest absolute Gasteiger partial charge is 0.416 e. The summed E-state index contributed by atoms with van der Waals surface area (Å²) in [5.74, 6) is 0. The zero-order valence-corrected chi connectivity index (χ0v) is 112. The maximum absolute atomic E-state index is 7.30. The van der Waals surface area contributed by atoms with Crippen LogP contribution in [0, 0.1) is 0 Å². The molecule has 0 spiro atoms. The Bertz CT molecular complexity index is 5540. The van der Waals surface area contributed by atoms with Crippen molar-refractivity contribution in [2.24, 2.45) is 0 Å². The first-order valence-corrected chi connectivity index (χ1v) is 96.3. The molecule has 0 aromatic heterocycles. The molecule has 0 saturated carbocycles. The summed E-state index contributed by atoms with van der Waals surface area (Å²) < 4.78 is 158. The molecule has 0 aliphatic carbocycles. The van der Waals surface area contributed by atoms with E-state index in [0.717, 1.165) is 85.2 Å². The van der Waals surface area contributed by atoms with Gasteiger partial charge in [0.25, 0.3) is 0 Å². The van der Waals surface area contributed by atoms with Crippen molar-refractivity contribution in [1.82, 2.24) is 0 Å². The van der Waals surface area contributed by atoms with E-state index in [0.29, 0.717) is 0 Å². The second-order valence-corrected chi connectivity index (χ2v) is 105. The summed E-state index contributed by atoms with van der Waals surface area (Å²) >= 11 is 0. The molecule has 0 N–H and O–H groups in total. The molecule has 0 bridgehead atoms. The van der Waals surface area contributed by atoms with Crippen LogP contribution in [0.15, 0.2) is 334 Å². The highest BCUT2D eigenvalue weighted by molar-refractivity contribution is 7.07. The van der Waals surface area contributed by atoms with Gasteiger partial charge in [0.15, 0.2) is 0 Å². The molecular weight excluding hydrogens is 2190 g/mol. The van der Waals surface area contributed by atoms with Gasteiger partial charge in [-0.05, 0) is 250 Å². The first kappa shape index (κ1) is 121. The van der Waals surface area contributed by atoms with Crippen LogP contribution >= 0.6 is 0 Å². The van der Waals surface area contributed by atoms with Crippen molar-refractivity contribution in [3.8, 4) is 33.4 Å². The summed E-state index contributed by atoms with van der Waals surface area (Å²) in [4.78, 5) is 0. The van der Waals surface area contributed by atoms with Gasteiger partial charge in [-0.3, -0.25) is 0 Å². The van der Waals surface area contributed by atoms with Crippen molar-refractivity contribution in [1.29, 1.82) is 0 Å². The van der Waals surface area contributed by atoms with Crippen molar-refractivity contribution in [2.75, 3.05) is 64.0 Å². The fraction of sp³-hybridized carbons (Fsp3) is 0.314. The monoisotopic (exact) mass is 2350 g/mol. The summed E-state index contributed by atoms with van der Waals surface area (Å²) in [7, 11) is -35.0. The third kappa shape index (κ3) is 30.6. The van der Waals surface area contributed by atoms with Gasteiger partial charge in [-0.2, -0.15) is 0 Å². The average Bonchev–Trinajstić information content (AvgIpc) is 0.730. The Morgan fingerprint density at radius 2 is 0.248 bits per heavy atom. The zero-order valence-electron chi connectivity index (χ0n) is 93.0. The zero-order chi connectivity index (χ0) is 109. The summed E-state index contributed by atoms with van der Waals surface area (Å²) in [5.41, 5.74) is 6.25. The highest BCUT2D eigenvalue weighted by Gasteiger charge is 2.63. The SMILES string of the molecule is CO[Si](OC)(OC)c1ccc(-c2cc(-c3ccc([Si](OC)(OC)OC)cc3)cc(-c3ccc([Si](OC)(OC)OC)cc3)c2)cc1.C[Si]1(C)O[Si](C)(C)O[Si](C)(C)O[Si](C)(C)O[Si](C)(C)O[Si](C)(C)O1.C[Si]1(C)O[Si](C)(C)O[Si](C)(c2ccccc2)O1.C[Si]1(c2ccccc2)O[Si](C)(c2ccccc2)O[Si](C)(c2ccccc2)O1.C[Si]1(c2ccccc2)O[Si](C)(c2ccccc2)O[Si](C)(c2ccccc2)O[Si](C)(c2ccccc2)O1. The molecule has 0 radical (unpaired) electrons. The third-order valence-electron chi connectivity index (χ3n) is 25.5. The largest absolute Gasteiger partial charge is 0.536 e. The van der Waals surface area contributed by atoms with Crippen LogP contribution in [-0.4, -0.2) is 227 Å². The predicted octanol–water partition coefficient (Wildman–Crippen LogP) is 17.7. The van der Waals surface area contributed by atoms with Gasteiger partial charge in [0.1, 0.15) is 0 Å². The van der Waals surface area contributed by atoms with Crippen LogP contribution in [0.2, 0.25) is 157 Å². The van der Waals surface area contributed by atoms with E-state index in [2.05, 4.69) is 345 Å². The number of hydrogen-bond acceptors (Lipinski definition) is 25. The van der Waals surface area contributed by atoms with Gasteiger partial charge in [-0.1, -0.05) is 315 Å². The van der Waals surface area contributed by atoms with Crippen LogP contribution in [0.25, 0.3) is 33.4 Å². The first-order chi connectivity index (χ1) is 69.9. The molecule has 4 heterocycles. The van der Waals surface area contributed by atoms with Crippen molar-refractivity contribution in [3.63, 3.8) is 0 Å². The lowest BCUT2D eigenvalue weighted by Gasteiger charge is -2.50. The average molecular weight is 2350 g/mol. The summed E-state index contributed by atoms with van der Waals surface area (Å²) in [5, 5.41) is 11.6. The van der Waals surface area contributed by atoms with Crippen LogP contribution in [0.5, 0.6) is 0 Å². The Labute approximate surface area is 906 Å². The Hall–Kier alpha value is -6.24. The lowest BCUT2D eigenvalue weighted by Crippen LogP contribution is -2.77. The van der Waals surface area contributed by atoms with Gasteiger partial charge < -0.3 is 106 Å². The standard InChI is InChI=1S/C33H42O9Si3.C28H32O4Si4.C21H24O3Si3.C12H36O6Si6.C11H20O3Si3/c1-34-43(35-2,36-3)31-16-10-25(11-17-31)28-22-29(26-12-18-32(19-13-26)44(37-4,38-5)39-6)24-30(23-28)27-14-20-33(21-15-27)45(40-7,41-8)42-9;1-33(25-17-9-5-10-18-25)29-34(2,26-19-11-6-12-20-26)31-36(4,28-23-15-8-16-24-28)32-35(3,30-33)27-21-13-7-14-22-27;1-25(19-13-7-4-8-14-19)22-26(2,20-15-9-5-10-16-20)24-27(3,23-25)21-17-11-6-12-18-21;1-19(2)13-20(3,4)15-22(7,8)17-24(11,12)18-23(9,10)16-21(5,6)14-19;1-15(2)12-16(3,4)14-17(5,13-15)11-9-7-6-8-10-11/h10-24H,1-9H3;5-24H,1-4H3;4-18H,1-3H3;1-12H3;6-10H,1-5H3. The van der Waals surface area contributed by atoms with Crippen molar-refractivity contribution in [2.45, 2.75) is 157 Å². The van der Waals surface area contributed by atoms with E-state index >= 15 is 0 Å². The van der Waals surface area contributed by atoms with E-state index in [1.165, 1.54) is 5.19 Å². The number of hydrogen-bond donors (Lipinski definition) is 0. The molecule has 0 amide bonds. The molecule has 0 unspecified atom stereocenters. The molecule has 800 valence electrons. The first-order valence-electron chi connectivity index (χ1n) is 50.0. The molecule has 4 saturated heterocycles. The number of rotatable bonds is 23. The minimum Gasteiger partial charge on any atom is -0.416 e. The summed E-state index contributed by atoms with van der Waals surface area (Å²) in [6, 6.07) is 114. The number of benzene rings is 12. The Balaban J connectivity index is 0.000000171. The van der Waals surface area contributed by atoms with E-state index in [9.17, 15) is 0 Å². The van der Waals surface area contributed by atoms with Crippen LogP contribution in [-0.2, 0) is 106 Å². The maximum atomic E-state index is 7.30. The molecule has 16 rings (SSSR count). The van der Waals surface area contributed by atoms with Crippen LogP contribution in [0.3, 0.4) is 0 Å². The van der Waals surface area contributed by atoms with Gasteiger partial charge >= 0.3 is 163 Å². The van der Waals surface area contributed by atoms with Crippen LogP contribution in [0.4, 0.5) is 0 Å². The lowest BCUT2D eigenvalue weighted by atomic mass is 9.93. The Morgan fingerprint density at radius 1 is 0.134 bits per heavy atom. The van der Waals surface area contributed by atoms with Gasteiger partial charge in [-0.25, -0.2) is 0 Å². The lowest BCUT2D eigenvalue weighted by molar-refractivity contribution is 0.140. The molecule has 4 aliphatic rings. The van der Waals surface area contributed by atoms with E-state index in [1.54, 1.807) is 64.0 Å². The normalized spacial score (nSPS) is 24.8. The van der Waals surface area contributed by atoms with Gasteiger partial charge in [0.2, 0.25) is 0 Å². The minimum absolute atomic E-state index is 0.880. The van der Waals surface area contributed by atoms with E-state index in [-0.39, 0.29) is 0 Å². The predicted molar refractivity (Wildman–Crippen MR) is 641 cm³/mol. The Morgan fingerprint density at radius 3 is 0.369 bits per heavy atom. The quantitative estimate of drug-likeness (QED) is 0.0542. The van der Waals surface area contributed by atoms with E-state index in [4.69, 9.17) is 106 Å². The fourth-order valence-electron chi connectivity index (χ4n) is 20.4. The van der Waals surface area contributed by atoms with Crippen molar-refractivity contribution >= 4 is 220 Å². The molecule has 0 atom stereocenters. The van der Waals surface area contributed by atoms with E-state index in [1.807, 2.05) is 146 Å². The molecule has 12 aromatic rings. The molecule has 4 aliphatic heterocycles. The molecule has 44 heteroatoms. The molecule has 4 fully saturated rings. The summed E-state index contributed by atoms with van der Waals surface area (Å²) in [6.07, 6.45) is 0. The van der Waals surface area contributed by atoms with E-state index < -0.39 is 163 Å². The Kier molecular flexibility index (Phi) is 40.1. The molecular formula is C105H154O25Si19. The van der Waals surface area contributed by atoms with Crippen LogP contribution in [0.1, 0.15) is 0 Å². The topological polar surface area (TPSA) is 231 Å². The third-order valence-corrected chi connectivity index (χ3v) is 101. The van der Waals surface area contributed by atoms with Gasteiger partial charge in [0.05, 0.1) is 0 Å².